The lowest BCUT2D eigenvalue weighted by atomic mass is 10.1. The zero-order valence-corrected chi connectivity index (χ0v) is 12.8. The highest BCUT2D eigenvalue weighted by atomic mass is 32.1. The Morgan fingerprint density at radius 2 is 2.05 bits per heavy atom. The first-order chi connectivity index (χ1) is 9.65. The van der Waals surface area contributed by atoms with Gasteiger partial charge in [0, 0.05) is 17.1 Å². The summed E-state index contributed by atoms with van der Waals surface area (Å²) in [7, 11) is 0. The van der Waals surface area contributed by atoms with Crippen LogP contribution in [0.3, 0.4) is 0 Å². The van der Waals surface area contributed by atoms with Crippen LogP contribution >= 0.6 is 11.3 Å². The Balaban J connectivity index is 2.19. The fraction of sp³-hybridized carbons (Fsp3) is 0.333. The Kier molecular flexibility index (Phi) is 4.74. The maximum Gasteiger partial charge on any atom is 0.259 e. The van der Waals surface area contributed by atoms with E-state index in [-0.39, 0.29) is 5.91 Å². The second-order valence-electron chi connectivity index (χ2n) is 4.41. The molecule has 0 saturated heterocycles. The number of nitrogens with one attached hydrogen (secondary N) is 2. The highest BCUT2D eigenvalue weighted by molar-refractivity contribution is 7.15. The van der Waals surface area contributed by atoms with Crippen LogP contribution in [0.15, 0.2) is 24.3 Å². The highest BCUT2D eigenvalue weighted by Gasteiger charge is 2.13. The van der Waals surface area contributed by atoms with Crippen LogP contribution in [0.2, 0.25) is 0 Å². The normalized spacial score (nSPS) is 10.3. The first-order valence-corrected chi connectivity index (χ1v) is 7.57. The van der Waals surface area contributed by atoms with Crippen molar-refractivity contribution in [3.63, 3.8) is 0 Å². The van der Waals surface area contributed by atoms with Gasteiger partial charge in [0.1, 0.15) is 0 Å². The van der Waals surface area contributed by atoms with Gasteiger partial charge in [-0.2, -0.15) is 0 Å². The molecule has 0 atom stereocenters. The quantitative estimate of drug-likeness (QED) is 0.882. The molecule has 0 unspecified atom stereocenters. The van der Waals surface area contributed by atoms with Crippen LogP contribution in [0.1, 0.15) is 34.8 Å². The van der Waals surface area contributed by atoms with Gasteiger partial charge in [-0.15, -0.1) is 11.3 Å². The minimum Gasteiger partial charge on any atom is -0.385 e. The summed E-state index contributed by atoms with van der Waals surface area (Å²) in [6.07, 6.45) is 0.881. The van der Waals surface area contributed by atoms with Crippen LogP contribution in [0.4, 0.5) is 10.8 Å². The van der Waals surface area contributed by atoms with Crippen LogP contribution < -0.4 is 10.6 Å². The van der Waals surface area contributed by atoms with E-state index in [1.807, 2.05) is 38.1 Å². The molecule has 0 saturated carbocycles. The molecule has 1 heterocycles. The SMILES string of the molecule is CCNc1ccccc1C(=O)Nc1nc(CC)c(C)s1. The molecule has 1 amide bonds. The van der Waals surface area contributed by atoms with Crippen molar-refractivity contribution in [2.45, 2.75) is 27.2 Å². The molecule has 1 aromatic heterocycles. The number of para-hydroxylation sites is 1. The summed E-state index contributed by atoms with van der Waals surface area (Å²) in [6, 6.07) is 7.50. The molecule has 0 bridgehead atoms. The van der Waals surface area contributed by atoms with Gasteiger partial charge in [0.25, 0.3) is 5.91 Å². The van der Waals surface area contributed by atoms with E-state index < -0.39 is 0 Å². The summed E-state index contributed by atoms with van der Waals surface area (Å²) in [4.78, 5) is 17.9. The molecule has 0 aliphatic heterocycles. The number of rotatable bonds is 5. The van der Waals surface area contributed by atoms with E-state index in [0.717, 1.165) is 29.2 Å². The third kappa shape index (κ3) is 3.17. The number of thiazole rings is 1. The van der Waals surface area contributed by atoms with Crippen molar-refractivity contribution >= 4 is 28.1 Å². The number of hydrogen-bond acceptors (Lipinski definition) is 4. The van der Waals surface area contributed by atoms with E-state index in [1.165, 1.54) is 11.3 Å². The number of carbonyl (C=O) groups is 1. The van der Waals surface area contributed by atoms with E-state index in [2.05, 4.69) is 22.5 Å². The lowest BCUT2D eigenvalue weighted by Crippen LogP contribution is -2.14. The molecule has 0 aliphatic rings. The summed E-state index contributed by atoms with van der Waals surface area (Å²) >= 11 is 1.52. The number of hydrogen-bond donors (Lipinski definition) is 2. The first kappa shape index (κ1) is 14.5. The van der Waals surface area contributed by atoms with Crippen LogP contribution in [0.25, 0.3) is 0 Å². The Hall–Kier alpha value is -1.88. The average Bonchev–Trinajstić information content (AvgIpc) is 2.79. The van der Waals surface area contributed by atoms with Crippen molar-refractivity contribution in [2.75, 3.05) is 17.2 Å². The number of aromatic nitrogens is 1. The molecular weight excluding hydrogens is 270 g/mol. The van der Waals surface area contributed by atoms with Crippen molar-refractivity contribution in [1.29, 1.82) is 0 Å². The predicted octanol–water partition coefficient (Wildman–Crippen LogP) is 3.70. The van der Waals surface area contributed by atoms with Gasteiger partial charge in [0.2, 0.25) is 0 Å². The number of benzene rings is 1. The van der Waals surface area contributed by atoms with Gasteiger partial charge in [-0.05, 0) is 32.4 Å². The first-order valence-electron chi connectivity index (χ1n) is 6.76. The minimum absolute atomic E-state index is 0.127. The topological polar surface area (TPSA) is 54.0 Å². The van der Waals surface area contributed by atoms with E-state index >= 15 is 0 Å². The van der Waals surface area contributed by atoms with Crippen molar-refractivity contribution in [3.05, 3.63) is 40.4 Å². The fourth-order valence-corrected chi connectivity index (χ4v) is 2.90. The summed E-state index contributed by atoms with van der Waals surface area (Å²) in [5.41, 5.74) is 2.53. The molecule has 2 rings (SSSR count). The highest BCUT2D eigenvalue weighted by Crippen LogP contribution is 2.24. The zero-order chi connectivity index (χ0) is 14.5. The molecule has 0 spiro atoms. The number of anilines is 2. The maximum atomic E-state index is 12.3. The molecule has 0 aliphatic carbocycles. The van der Waals surface area contributed by atoms with Crippen molar-refractivity contribution in [2.24, 2.45) is 0 Å². The second kappa shape index (κ2) is 6.52. The van der Waals surface area contributed by atoms with Gasteiger partial charge in [0.15, 0.2) is 5.13 Å². The summed E-state index contributed by atoms with van der Waals surface area (Å²) < 4.78 is 0. The molecule has 4 nitrogen and oxygen atoms in total. The van der Waals surface area contributed by atoms with E-state index in [9.17, 15) is 4.79 Å². The Bertz CT molecular complexity index is 607. The van der Waals surface area contributed by atoms with Gasteiger partial charge < -0.3 is 5.32 Å². The van der Waals surface area contributed by atoms with Crippen LogP contribution in [-0.2, 0) is 6.42 Å². The largest absolute Gasteiger partial charge is 0.385 e. The third-order valence-corrected chi connectivity index (χ3v) is 3.92. The minimum atomic E-state index is -0.127. The van der Waals surface area contributed by atoms with Gasteiger partial charge in [-0.1, -0.05) is 19.1 Å². The average molecular weight is 289 g/mol. The molecule has 20 heavy (non-hydrogen) atoms. The molecule has 0 fully saturated rings. The summed E-state index contributed by atoms with van der Waals surface area (Å²) in [5, 5.41) is 6.74. The Morgan fingerprint density at radius 3 is 2.70 bits per heavy atom. The smallest absolute Gasteiger partial charge is 0.259 e. The fourth-order valence-electron chi connectivity index (χ4n) is 2.00. The lowest BCUT2D eigenvalue weighted by molar-refractivity contribution is 0.102. The van der Waals surface area contributed by atoms with Crippen molar-refractivity contribution < 1.29 is 4.79 Å². The molecule has 5 heteroatoms. The van der Waals surface area contributed by atoms with Crippen molar-refractivity contribution in [1.82, 2.24) is 4.98 Å². The van der Waals surface area contributed by atoms with Gasteiger partial charge in [0.05, 0.1) is 11.3 Å². The molecule has 2 N–H and O–H groups in total. The van der Waals surface area contributed by atoms with E-state index in [1.54, 1.807) is 0 Å². The zero-order valence-electron chi connectivity index (χ0n) is 12.0. The summed E-state index contributed by atoms with van der Waals surface area (Å²) in [5.74, 6) is -0.127. The lowest BCUT2D eigenvalue weighted by Gasteiger charge is -2.09. The van der Waals surface area contributed by atoms with Gasteiger partial charge in [-0.3, -0.25) is 10.1 Å². The number of amides is 1. The number of carbonyl (C=O) groups excluding carboxylic acids is 1. The van der Waals surface area contributed by atoms with Gasteiger partial charge in [-0.25, -0.2) is 4.98 Å². The maximum absolute atomic E-state index is 12.3. The van der Waals surface area contributed by atoms with Crippen LogP contribution in [0, 0.1) is 6.92 Å². The van der Waals surface area contributed by atoms with Gasteiger partial charge >= 0.3 is 0 Å². The predicted molar refractivity (Wildman–Crippen MR) is 84.8 cm³/mol. The van der Waals surface area contributed by atoms with E-state index in [4.69, 9.17) is 0 Å². The standard InChI is InChI=1S/C15H19N3OS/c1-4-12-10(3)20-15(17-12)18-14(19)11-8-6-7-9-13(11)16-5-2/h6-9,16H,4-5H2,1-3H3,(H,17,18,19). The second-order valence-corrected chi connectivity index (χ2v) is 5.61. The Morgan fingerprint density at radius 1 is 1.30 bits per heavy atom. The Labute approximate surface area is 123 Å². The molecule has 106 valence electrons. The summed E-state index contributed by atoms with van der Waals surface area (Å²) in [6.45, 7) is 6.87. The third-order valence-electron chi connectivity index (χ3n) is 2.99. The van der Waals surface area contributed by atoms with Crippen LogP contribution in [0.5, 0.6) is 0 Å². The molecular formula is C15H19N3OS. The number of nitrogens with zero attached hydrogens (tertiary/aromatic N) is 1. The molecule has 2 aromatic rings. The van der Waals surface area contributed by atoms with Crippen LogP contribution in [-0.4, -0.2) is 17.4 Å². The molecule has 0 radical (unpaired) electrons. The number of aryl methyl sites for hydroxylation is 2. The molecule has 1 aromatic carbocycles. The van der Waals surface area contributed by atoms with Crippen molar-refractivity contribution in [3.8, 4) is 0 Å². The van der Waals surface area contributed by atoms with E-state index in [0.29, 0.717) is 10.7 Å². The monoisotopic (exact) mass is 289 g/mol.